The molecule has 1 aliphatic rings. The van der Waals surface area contributed by atoms with Crippen LogP contribution in [0.4, 0.5) is 5.69 Å². The Bertz CT molecular complexity index is 1250. The highest BCUT2D eigenvalue weighted by molar-refractivity contribution is 7.89. The van der Waals surface area contributed by atoms with Crippen LogP contribution in [-0.2, 0) is 19.6 Å². The van der Waals surface area contributed by atoms with Crippen molar-refractivity contribution in [2.45, 2.75) is 24.9 Å². The van der Waals surface area contributed by atoms with Crippen LogP contribution in [0, 0.1) is 5.92 Å². The summed E-state index contributed by atoms with van der Waals surface area (Å²) in [6, 6.07) is 11.8. The van der Waals surface area contributed by atoms with Gasteiger partial charge in [0.1, 0.15) is 0 Å². The predicted molar refractivity (Wildman–Crippen MR) is 117 cm³/mol. The summed E-state index contributed by atoms with van der Waals surface area (Å²) in [5.74, 6) is -1.33. The number of hydrogen-bond acceptors (Lipinski definition) is 7. The molecule has 0 spiro atoms. The fraction of sp³-hybridized carbons (Fsp3) is 0.318. The number of nitrogens with one attached hydrogen (secondary N) is 1. The molecule has 0 atom stereocenters. The Morgan fingerprint density at radius 1 is 1.19 bits per heavy atom. The highest BCUT2D eigenvalue weighted by Crippen LogP contribution is 2.26. The van der Waals surface area contributed by atoms with Gasteiger partial charge < -0.3 is 14.5 Å². The van der Waals surface area contributed by atoms with Crippen LogP contribution in [0.15, 0.2) is 58.2 Å². The van der Waals surface area contributed by atoms with Crippen LogP contribution in [0.3, 0.4) is 0 Å². The third-order valence-corrected chi connectivity index (χ3v) is 7.12. The standard InChI is InChI=1S/C22H23N3O6S/c1-2-30-22(27)19-7-8-20(31-19)32(28,29)25-12-9-15(10-13-25)21(26)24-17-5-6-18-16(14-17)4-3-11-23-18/h3-8,11,14-15H,2,9-10,12-13H2,1H3,(H,24,26). The van der Waals surface area contributed by atoms with Crippen molar-refractivity contribution in [3.8, 4) is 0 Å². The van der Waals surface area contributed by atoms with E-state index in [1.807, 2.05) is 24.3 Å². The molecule has 1 aliphatic heterocycles. The average Bonchev–Trinajstić information content (AvgIpc) is 3.31. The lowest BCUT2D eigenvalue weighted by Crippen LogP contribution is -2.41. The van der Waals surface area contributed by atoms with Crippen molar-refractivity contribution >= 4 is 38.5 Å². The summed E-state index contributed by atoms with van der Waals surface area (Å²) >= 11 is 0. The smallest absolute Gasteiger partial charge is 0.374 e. The van der Waals surface area contributed by atoms with Crippen LogP contribution in [-0.4, -0.2) is 49.3 Å². The number of pyridine rings is 1. The number of hydrogen-bond donors (Lipinski definition) is 1. The van der Waals surface area contributed by atoms with Gasteiger partial charge in [-0.2, -0.15) is 4.31 Å². The van der Waals surface area contributed by atoms with E-state index in [1.165, 1.54) is 16.4 Å². The van der Waals surface area contributed by atoms with Crippen LogP contribution >= 0.6 is 0 Å². The van der Waals surface area contributed by atoms with Crippen molar-refractivity contribution in [2.75, 3.05) is 25.0 Å². The number of esters is 1. The Kier molecular flexibility index (Phi) is 6.24. The second-order valence-corrected chi connectivity index (χ2v) is 9.29. The summed E-state index contributed by atoms with van der Waals surface area (Å²) in [6.45, 7) is 2.16. The molecule has 10 heteroatoms. The number of amides is 1. The lowest BCUT2D eigenvalue weighted by molar-refractivity contribution is -0.120. The second kappa shape index (κ2) is 9.09. The fourth-order valence-electron chi connectivity index (χ4n) is 3.65. The zero-order chi connectivity index (χ0) is 22.7. The minimum atomic E-state index is -3.90. The van der Waals surface area contributed by atoms with Gasteiger partial charge in [-0.3, -0.25) is 9.78 Å². The van der Waals surface area contributed by atoms with E-state index in [4.69, 9.17) is 9.15 Å². The zero-order valence-corrected chi connectivity index (χ0v) is 18.3. The SMILES string of the molecule is CCOC(=O)c1ccc(S(=O)(=O)N2CCC(C(=O)Nc3ccc4ncccc4c3)CC2)o1. The highest BCUT2D eigenvalue weighted by Gasteiger charge is 2.34. The van der Waals surface area contributed by atoms with E-state index in [1.54, 1.807) is 19.2 Å². The molecule has 3 heterocycles. The first-order chi connectivity index (χ1) is 15.4. The number of carbonyl (C=O) groups excluding carboxylic acids is 2. The summed E-state index contributed by atoms with van der Waals surface area (Å²) in [6.07, 6.45) is 2.47. The van der Waals surface area contributed by atoms with Crippen molar-refractivity contribution in [3.05, 3.63) is 54.4 Å². The van der Waals surface area contributed by atoms with Gasteiger partial charge in [0.15, 0.2) is 0 Å². The van der Waals surface area contributed by atoms with Gasteiger partial charge in [-0.1, -0.05) is 6.07 Å². The molecule has 168 valence electrons. The number of furan rings is 1. The van der Waals surface area contributed by atoms with E-state index >= 15 is 0 Å². The second-order valence-electron chi connectivity index (χ2n) is 7.42. The Morgan fingerprint density at radius 2 is 1.97 bits per heavy atom. The van der Waals surface area contributed by atoms with E-state index in [2.05, 4.69) is 10.3 Å². The molecule has 1 amide bonds. The van der Waals surface area contributed by atoms with E-state index < -0.39 is 16.0 Å². The molecule has 32 heavy (non-hydrogen) atoms. The molecule has 1 aromatic carbocycles. The Hall–Kier alpha value is -3.24. The highest BCUT2D eigenvalue weighted by atomic mass is 32.2. The van der Waals surface area contributed by atoms with Crippen LogP contribution < -0.4 is 5.32 Å². The van der Waals surface area contributed by atoms with Crippen molar-refractivity contribution in [1.82, 2.24) is 9.29 Å². The maximum Gasteiger partial charge on any atom is 0.374 e. The maximum absolute atomic E-state index is 12.8. The minimum Gasteiger partial charge on any atom is -0.460 e. The summed E-state index contributed by atoms with van der Waals surface area (Å²) in [7, 11) is -3.90. The normalized spacial score (nSPS) is 15.5. The van der Waals surface area contributed by atoms with E-state index in [-0.39, 0.29) is 42.4 Å². The molecule has 3 aromatic rings. The first-order valence-electron chi connectivity index (χ1n) is 10.3. The molecule has 4 rings (SSSR count). The molecule has 0 saturated carbocycles. The lowest BCUT2D eigenvalue weighted by Gasteiger charge is -2.29. The third kappa shape index (κ3) is 4.51. The first kappa shape index (κ1) is 22.0. The number of fused-ring (bicyclic) bond motifs is 1. The van der Waals surface area contributed by atoms with Crippen molar-refractivity contribution in [1.29, 1.82) is 0 Å². The Labute approximate surface area is 185 Å². The molecule has 0 radical (unpaired) electrons. The van der Waals surface area contributed by atoms with Crippen LogP contribution in [0.5, 0.6) is 0 Å². The maximum atomic E-state index is 12.8. The topological polar surface area (TPSA) is 119 Å². The number of benzene rings is 1. The van der Waals surface area contributed by atoms with Gasteiger partial charge in [-0.15, -0.1) is 0 Å². The molecule has 0 bridgehead atoms. The fourth-order valence-corrected chi connectivity index (χ4v) is 5.04. The van der Waals surface area contributed by atoms with Crippen molar-refractivity contribution in [3.63, 3.8) is 0 Å². The molecule has 1 saturated heterocycles. The van der Waals surface area contributed by atoms with Gasteiger partial charge in [-0.05, 0) is 56.2 Å². The van der Waals surface area contributed by atoms with E-state index in [0.717, 1.165) is 10.9 Å². The molecule has 0 unspecified atom stereocenters. The number of carbonyl (C=O) groups is 2. The van der Waals surface area contributed by atoms with Gasteiger partial charge in [-0.25, -0.2) is 13.2 Å². The predicted octanol–water partition coefficient (Wildman–Crippen LogP) is 3.04. The zero-order valence-electron chi connectivity index (χ0n) is 17.5. The van der Waals surface area contributed by atoms with Gasteiger partial charge in [0.05, 0.1) is 12.1 Å². The minimum absolute atomic E-state index is 0.145. The summed E-state index contributed by atoms with van der Waals surface area (Å²) in [4.78, 5) is 28.7. The van der Waals surface area contributed by atoms with Crippen LogP contribution in [0.25, 0.3) is 10.9 Å². The van der Waals surface area contributed by atoms with Gasteiger partial charge in [0.2, 0.25) is 16.8 Å². The number of nitrogens with zero attached hydrogens (tertiary/aromatic N) is 2. The molecular formula is C22H23N3O6S. The van der Waals surface area contributed by atoms with Gasteiger partial charge >= 0.3 is 5.97 Å². The number of piperidine rings is 1. The summed E-state index contributed by atoms with van der Waals surface area (Å²) in [5.41, 5.74) is 1.51. The Morgan fingerprint density at radius 3 is 2.72 bits per heavy atom. The average molecular weight is 458 g/mol. The van der Waals surface area contributed by atoms with Crippen LogP contribution in [0.1, 0.15) is 30.3 Å². The molecule has 1 N–H and O–H groups in total. The molecule has 9 nitrogen and oxygen atoms in total. The lowest BCUT2D eigenvalue weighted by atomic mass is 9.97. The van der Waals surface area contributed by atoms with Crippen molar-refractivity contribution < 1.29 is 27.2 Å². The molecule has 0 aliphatic carbocycles. The Balaban J connectivity index is 1.37. The monoisotopic (exact) mass is 457 g/mol. The molecular weight excluding hydrogens is 434 g/mol. The van der Waals surface area contributed by atoms with Gasteiger partial charge in [0, 0.05) is 36.3 Å². The van der Waals surface area contributed by atoms with Crippen LogP contribution in [0.2, 0.25) is 0 Å². The number of aromatic nitrogens is 1. The number of ether oxygens (including phenoxy) is 1. The number of rotatable bonds is 6. The van der Waals surface area contributed by atoms with E-state index in [9.17, 15) is 18.0 Å². The molecule has 1 fully saturated rings. The third-order valence-electron chi connectivity index (χ3n) is 5.35. The first-order valence-corrected chi connectivity index (χ1v) is 11.7. The number of anilines is 1. The summed E-state index contributed by atoms with van der Waals surface area (Å²) in [5, 5.41) is 3.52. The molecule has 2 aromatic heterocycles. The number of sulfonamides is 1. The largest absolute Gasteiger partial charge is 0.460 e. The van der Waals surface area contributed by atoms with Gasteiger partial charge in [0.25, 0.3) is 10.0 Å². The van der Waals surface area contributed by atoms with Crippen molar-refractivity contribution in [2.24, 2.45) is 5.92 Å². The summed E-state index contributed by atoms with van der Waals surface area (Å²) < 4.78 is 37.0. The quantitative estimate of drug-likeness (QED) is 0.565. The van der Waals surface area contributed by atoms with E-state index in [0.29, 0.717) is 18.5 Å².